The molecule has 4 nitrogen and oxygen atoms in total. The number of hydrogen-bond acceptors (Lipinski definition) is 2. The van der Waals surface area contributed by atoms with Crippen molar-refractivity contribution in [2.24, 2.45) is 0 Å². The maximum Gasteiger partial charge on any atom is 0.326 e. The first kappa shape index (κ1) is 28.0. The van der Waals surface area contributed by atoms with Crippen molar-refractivity contribution in [1.29, 1.82) is 0 Å². The first-order valence-corrected chi connectivity index (χ1v) is 13.9. The Hall–Kier alpha value is -4.05. The van der Waals surface area contributed by atoms with E-state index in [1.54, 1.807) is 0 Å². The van der Waals surface area contributed by atoms with Crippen molar-refractivity contribution in [2.45, 2.75) is 66.0 Å². The number of nitrogens with zero attached hydrogens (tertiary/aromatic N) is 1. The van der Waals surface area contributed by atoms with E-state index < -0.39 is 0 Å². The van der Waals surface area contributed by atoms with E-state index in [4.69, 9.17) is 4.74 Å². The summed E-state index contributed by atoms with van der Waals surface area (Å²) in [5, 5.41) is 3.32. The molecule has 1 unspecified atom stereocenters. The van der Waals surface area contributed by atoms with E-state index in [1.165, 1.54) is 5.56 Å². The van der Waals surface area contributed by atoms with Crippen LogP contribution in [0.3, 0.4) is 0 Å². The number of carbonyl (C=O) groups excluding carboxylic acids is 1. The van der Waals surface area contributed by atoms with Crippen LogP contribution in [0.5, 0.6) is 5.75 Å². The average molecular weight is 521 g/mol. The zero-order chi connectivity index (χ0) is 27.8. The Labute approximate surface area is 233 Å². The van der Waals surface area contributed by atoms with Crippen LogP contribution in [-0.2, 0) is 13.2 Å². The smallest absolute Gasteiger partial charge is 0.326 e. The summed E-state index contributed by atoms with van der Waals surface area (Å²) in [5.41, 5.74) is 7.44. The normalized spacial score (nSPS) is 11.7. The van der Waals surface area contributed by atoms with Crippen molar-refractivity contribution in [3.05, 3.63) is 125 Å². The number of anilines is 2. The van der Waals surface area contributed by atoms with E-state index in [-0.39, 0.29) is 6.03 Å². The minimum atomic E-state index is -0.138. The van der Waals surface area contributed by atoms with E-state index in [0.717, 1.165) is 45.8 Å². The Bertz CT molecular complexity index is 1350. The van der Waals surface area contributed by atoms with Gasteiger partial charge in [0.05, 0.1) is 6.54 Å². The van der Waals surface area contributed by atoms with Crippen molar-refractivity contribution in [1.82, 2.24) is 0 Å². The molecule has 0 bridgehead atoms. The summed E-state index contributed by atoms with van der Waals surface area (Å²) in [6.45, 7) is 11.8. The van der Waals surface area contributed by atoms with E-state index in [1.807, 2.05) is 71.6 Å². The Kier molecular flexibility index (Phi) is 9.43. The third kappa shape index (κ3) is 7.29. The van der Waals surface area contributed by atoms with Gasteiger partial charge in [0.1, 0.15) is 12.4 Å². The number of urea groups is 1. The molecule has 1 N–H and O–H groups in total. The van der Waals surface area contributed by atoms with Crippen LogP contribution in [0.4, 0.5) is 16.2 Å². The highest BCUT2D eigenvalue weighted by atomic mass is 16.5. The lowest BCUT2D eigenvalue weighted by Gasteiger charge is -2.27. The molecule has 0 radical (unpaired) electrons. The predicted molar refractivity (Wildman–Crippen MR) is 163 cm³/mol. The number of nitrogens with one attached hydrogen (secondary N) is 1. The Balaban J connectivity index is 1.58. The third-order valence-electron chi connectivity index (χ3n) is 7.23. The largest absolute Gasteiger partial charge is 0.489 e. The molecule has 4 aromatic carbocycles. The summed E-state index contributed by atoms with van der Waals surface area (Å²) < 4.78 is 5.97. The number of rotatable bonds is 10. The average Bonchev–Trinajstić information content (AvgIpc) is 2.96. The molecule has 2 amide bonds. The van der Waals surface area contributed by atoms with Gasteiger partial charge in [-0.2, -0.15) is 0 Å². The quantitative estimate of drug-likeness (QED) is 0.226. The lowest BCUT2D eigenvalue weighted by molar-refractivity contribution is 0.256. The molecule has 0 saturated carbocycles. The Morgan fingerprint density at radius 1 is 0.795 bits per heavy atom. The van der Waals surface area contributed by atoms with Crippen LogP contribution in [0.1, 0.15) is 73.8 Å². The second kappa shape index (κ2) is 13.1. The molecule has 4 rings (SSSR count). The zero-order valence-electron chi connectivity index (χ0n) is 23.8. The minimum Gasteiger partial charge on any atom is -0.489 e. The van der Waals surface area contributed by atoms with Gasteiger partial charge in [-0.3, -0.25) is 4.90 Å². The summed E-state index contributed by atoms with van der Waals surface area (Å²) in [7, 11) is 0. The number of aryl methyl sites for hydroxylation is 1. The van der Waals surface area contributed by atoms with Crippen LogP contribution in [0.15, 0.2) is 97.1 Å². The van der Waals surface area contributed by atoms with Gasteiger partial charge in [-0.1, -0.05) is 106 Å². The summed E-state index contributed by atoms with van der Waals surface area (Å²) in [6.07, 6.45) is 1.00. The van der Waals surface area contributed by atoms with Gasteiger partial charge in [-0.05, 0) is 71.7 Å². The van der Waals surface area contributed by atoms with Crippen molar-refractivity contribution in [3.63, 3.8) is 0 Å². The van der Waals surface area contributed by atoms with Crippen molar-refractivity contribution in [2.75, 3.05) is 10.2 Å². The van der Waals surface area contributed by atoms with Crippen molar-refractivity contribution in [3.8, 4) is 5.75 Å². The highest BCUT2D eigenvalue weighted by Gasteiger charge is 2.22. The first-order chi connectivity index (χ1) is 18.9. The van der Waals surface area contributed by atoms with Gasteiger partial charge < -0.3 is 10.1 Å². The number of benzene rings is 4. The summed E-state index contributed by atoms with van der Waals surface area (Å²) in [6, 6.07) is 32.5. The Morgan fingerprint density at radius 3 is 2.10 bits per heavy atom. The molecule has 0 aromatic heterocycles. The molecule has 1 atom stereocenters. The number of para-hydroxylation sites is 1. The monoisotopic (exact) mass is 520 g/mol. The van der Waals surface area contributed by atoms with Crippen LogP contribution in [0.2, 0.25) is 0 Å². The second-order valence-electron chi connectivity index (χ2n) is 10.5. The zero-order valence-corrected chi connectivity index (χ0v) is 23.8. The molecule has 0 aliphatic carbocycles. The minimum absolute atomic E-state index is 0.138. The van der Waals surface area contributed by atoms with Crippen LogP contribution in [0, 0.1) is 6.92 Å². The molecule has 0 aliphatic heterocycles. The standard InChI is InChI=1S/C35H40N2O2/c1-6-27(5)33-14-10-13-32(25(2)3)34(33)36-35(38)37(30-19-15-26(4)16-20-30)23-28-17-21-31(22-18-28)39-24-29-11-8-7-9-12-29/h7-22,25,27H,6,23-24H2,1-5H3,(H,36,38). The maximum absolute atomic E-state index is 14.0. The van der Waals surface area contributed by atoms with Crippen LogP contribution in [0.25, 0.3) is 0 Å². The maximum atomic E-state index is 14.0. The van der Waals surface area contributed by atoms with Gasteiger partial charge in [0.25, 0.3) is 0 Å². The molecule has 4 heteroatoms. The van der Waals surface area contributed by atoms with Crippen LogP contribution >= 0.6 is 0 Å². The molecule has 4 aromatic rings. The van der Waals surface area contributed by atoms with Crippen molar-refractivity contribution >= 4 is 17.4 Å². The van der Waals surface area contributed by atoms with Gasteiger partial charge >= 0.3 is 6.03 Å². The van der Waals surface area contributed by atoms with Gasteiger partial charge in [-0.15, -0.1) is 0 Å². The van der Waals surface area contributed by atoms with Gasteiger partial charge in [0.2, 0.25) is 0 Å². The van der Waals surface area contributed by atoms with E-state index in [0.29, 0.717) is 25.0 Å². The van der Waals surface area contributed by atoms with E-state index >= 15 is 0 Å². The molecule has 202 valence electrons. The highest BCUT2D eigenvalue weighted by molar-refractivity contribution is 6.02. The molecular weight excluding hydrogens is 480 g/mol. The molecule has 0 fully saturated rings. The fourth-order valence-corrected chi connectivity index (χ4v) is 4.64. The fraction of sp³-hybridized carbons (Fsp3) is 0.286. The number of carbonyl (C=O) groups is 1. The number of ether oxygens (including phenoxy) is 1. The lowest BCUT2D eigenvalue weighted by atomic mass is 9.90. The number of amides is 2. The Morgan fingerprint density at radius 2 is 1.46 bits per heavy atom. The van der Waals surface area contributed by atoms with Gasteiger partial charge in [-0.25, -0.2) is 4.79 Å². The summed E-state index contributed by atoms with van der Waals surface area (Å²) in [4.78, 5) is 15.8. The second-order valence-corrected chi connectivity index (χ2v) is 10.5. The van der Waals surface area contributed by atoms with E-state index in [2.05, 4.69) is 70.3 Å². The molecule has 39 heavy (non-hydrogen) atoms. The fourth-order valence-electron chi connectivity index (χ4n) is 4.64. The molecular formula is C35H40N2O2. The highest BCUT2D eigenvalue weighted by Crippen LogP contribution is 2.34. The molecule has 0 heterocycles. The SMILES string of the molecule is CCC(C)c1cccc(C(C)C)c1NC(=O)N(Cc1ccc(OCc2ccccc2)cc1)c1ccc(C)cc1. The van der Waals surface area contributed by atoms with Gasteiger partial charge in [0.15, 0.2) is 0 Å². The van der Waals surface area contributed by atoms with Crippen molar-refractivity contribution < 1.29 is 9.53 Å². The molecule has 0 spiro atoms. The first-order valence-electron chi connectivity index (χ1n) is 13.9. The molecule has 0 saturated heterocycles. The van der Waals surface area contributed by atoms with Gasteiger partial charge in [0, 0.05) is 11.4 Å². The third-order valence-corrected chi connectivity index (χ3v) is 7.23. The van der Waals surface area contributed by atoms with Crippen LogP contribution in [-0.4, -0.2) is 6.03 Å². The lowest BCUT2D eigenvalue weighted by Crippen LogP contribution is -2.35. The summed E-state index contributed by atoms with van der Waals surface area (Å²) in [5.74, 6) is 1.44. The van der Waals surface area contributed by atoms with Crippen LogP contribution < -0.4 is 15.0 Å². The molecule has 0 aliphatic rings. The number of hydrogen-bond donors (Lipinski definition) is 1. The topological polar surface area (TPSA) is 41.6 Å². The predicted octanol–water partition coefficient (Wildman–Crippen LogP) is 9.45. The summed E-state index contributed by atoms with van der Waals surface area (Å²) >= 11 is 0. The van der Waals surface area contributed by atoms with E-state index in [9.17, 15) is 4.79 Å².